The molecule has 0 radical (unpaired) electrons. The van der Waals surface area contributed by atoms with Gasteiger partial charge in [0.25, 0.3) is 0 Å². The lowest BCUT2D eigenvalue weighted by molar-refractivity contribution is 0.0363. The third-order valence-electron chi connectivity index (χ3n) is 6.31. The quantitative estimate of drug-likeness (QED) is 0.348. The minimum absolute atomic E-state index is 0.160. The third kappa shape index (κ3) is 4.37. The number of anilines is 1. The van der Waals surface area contributed by atoms with Gasteiger partial charge in [0, 0.05) is 59.4 Å². The van der Waals surface area contributed by atoms with Crippen molar-refractivity contribution in [2.45, 2.75) is 17.5 Å². The van der Waals surface area contributed by atoms with E-state index >= 15 is 0 Å². The zero-order valence-corrected chi connectivity index (χ0v) is 20.8. The van der Waals surface area contributed by atoms with Gasteiger partial charge in [-0.25, -0.2) is 13.6 Å². The predicted octanol–water partition coefficient (Wildman–Crippen LogP) is 4.28. The van der Waals surface area contributed by atoms with E-state index in [4.69, 9.17) is 16.3 Å². The smallest absolute Gasteiger partial charge is 0.350 e. The van der Waals surface area contributed by atoms with Crippen LogP contribution in [-0.2, 0) is 11.3 Å². The fourth-order valence-electron chi connectivity index (χ4n) is 4.70. The van der Waals surface area contributed by atoms with Gasteiger partial charge < -0.3 is 9.64 Å². The van der Waals surface area contributed by atoms with Crippen molar-refractivity contribution in [3.8, 4) is 17.2 Å². The monoisotopic (exact) mass is 529 g/mol. The van der Waals surface area contributed by atoms with Crippen molar-refractivity contribution in [3.05, 3.63) is 64.1 Å². The number of halogens is 3. The van der Waals surface area contributed by atoms with Crippen LogP contribution in [0.15, 0.2) is 46.6 Å². The Bertz CT molecular complexity index is 1460. The second-order valence-corrected chi connectivity index (χ2v) is 10.0. The van der Waals surface area contributed by atoms with Crippen LogP contribution in [-0.4, -0.2) is 59.2 Å². The van der Waals surface area contributed by atoms with Crippen LogP contribution in [0.4, 0.5) is 14.6 Å². The number of aryl methyl sites for hydroxylation is 1. The molecule has 0 N–H and O–H groups in total. The Morgan fingerprint density at radius 2 is 2.14 bits per heavy atom. The van der Waals surface area contributed by atoms with Crippen LogP contribution >= 0.6 is 23.4 Å². The topological polar surface area (TPSA) is 74.4 Å². The molecule has 1 atom stereocenters. The van der Waals surface area contributed by atoms with Crippen molar-refractivity contribution < 1.29 is 13.5 Å². The minimum Gasteiger partial charge on any atom is -0.362 e. The second-order valence-electron chi connectivity index (χ2n) is 8.50. The summed E-state index contributed by atoms with van der Waals surface area (Å²) in [6, 6.07) is 6.76. The highest BCUT2D eigenvalue weighted by atomic mass is 35.5. The van der Waals surface area contributed by atoms with E-state index in [2.05, 4.69) is 17.6 Å². The van der Waals surface area contributed by atoms with Crippen LogP contribution in [0.2, 0.25) is 5.02 Å². The molecule has 0 aliphatic carbocycles. The Kier molecular flexibility index (Phi) is 6.99. The molecule has 2 aliphatic rings. The van der Waals surface area contributed by atoms with Gasteiger partial charge in [-0.05, 0) is 18.2 Å². The molecule has 11 heteroatoms. The Balaban J connectivity index is 1.64. The normalized spacial score (nSPS) is 17.8. The number of rotatable bonds is 6. The molecular weight excluding hydrogens is 508 g/mol. The van der Waals surface area contributed by atoms with Crippen LogP contribution in [0, 0.1) is 23.0 Å². The Labute approximate surface area is 215 Å². The molecule has 36 heavy (non-hydrogen) atoms. The van der Waals surface area contributed by atoms with E-state index in [0.717, 1.165) is 6.07 Å². The number of hydrogen-bond donors (Lipinski definition) is 0. The maximum absolute atomic E-state index is 14.8. The van der Waals surface area contributed by atoms with Gasteiger partial charge in [0.05, 0.1) is 29.9 Å². The second kappa shape index (κ2) is 10.2. The van der Waals surface area contributed by atoms with E-state index in [0.29, 0.717) is 72.4 Å². The summed E-state index contributed by atoms with van der Waals surface area (Å²) in [5, 5.41) is 10.8. The van der Waals surface area contributed by atoms with Crippen LogP contribution in [0.1, 0.15) is 0 Å². The van der Waals surface area contributed by atoms with Gasteiger partial charge >= 0.3 is 5.69 Å². The number of ether oxygens (including phenoxy) is 1. The van der Waals surface area contributed by atoms with Crippen LogP contribution < -0.4 is 10.6 Å². The molecule has 7 nitrogen and oxygen atoms in total. The molecule has 0 spiro atoms. The van der Waals surface area contributed by atoms with E-state index < -0.39 is 23.4 Å². The molecule has 1 saturated heterocycles. The zero-order valence-electron chi connectivity index (χ0n) is 19.2. The average Bonchev–Trinajstić information content (AvgIpc) is 2.87. The van der Waals surface area contributed by atoms with Crippen molar-refractivity contribution in [1.29, 1.82) is 5.26 Å². The van der Waals surface area contributed by atoms with E-state index in [1.807, 2.05) is 9.80 Å². The molecular formula is C25H22ClF2N5O2S. The van der Waals surface area contributed by atoms with Gasteiger partial charge in [-0.15, -0.1) is 18.3 Å². The fraction of sp³-hybridized carbons (Fsp3) is 0.320. The highest BCUT2D eigenvalue weighted by Crippen LogP contribution is 2.46. The van der Waals surface area contributed by atoms with Crippen LogP contribution in [0.25, 0.3) is 22.0 Å². The number of aromatic nitrogens is 2. The largest absolute Gasteiger partial charge is 0.362 e. The van der Waals surface area contributed by atoms with Crippen LogP contribution in [0.3, 0.4) is 0 Å². The molecule has 186 valence electrons. The van der Waals surface area contributed by atoms with Gasteiger partial charge in [-0.2, -0.15) is 10.2 Å². The number of hydrogen-bond acceptors (Lipinski definition) is 7. The van der Waals surface area contributed by atoms with E-state index in [1.54, 1.807) is 16.7 Å². The molecule has 3 heterocycles. The number of benzene rings is 2. The highest BCUT2D eigenvalue weighted by molar-refractivity contribution is 7.99. The number of thioether (sulfide) groups is 1. The van der Waals surface area contributed by atoms with E-state index in [9.17, 15) is 18.8 Å². The van der Waals surface area contributed by atoms with E-state index in [-0.39, 0.29) is 10.6 Å². The van der Waals surface area contributed by atoms with Crippen molar-refractivity contribution >= 4 is 40.1 Å². The summed E-state index contributed by atoms with van der Waals surface area (Å²) in [6.45, 7) is 6.32. The lowest BCUT2D eigenvalue weighted by atomic mass is 10.0. The first-order valence-electron chi connectivity index (χ1n) is 11.4. The molecule has 1 aromatic heterocycles. The molecule has 0 unspecified atom stereocenters. The summed E-state index contributed by atoms with van der Waals surface area (Å²) in [6.07, 6.45) is 1.67. The number of nitrogens with zero attached hydrogens (tertiary/aromatic N) is 5. The first kappa shape index (κ1) is 24.7. The maximum atomic E-state index is 14.8. The SMILES string of the molecule is C=CCOCN1CCN(c2nc(=O)n3c4c(c(-c5ccc(F)cc5F)c(Cl)cc24)SCC3)[C@@H](C#N)C1. The molecule has 2 aliphatic heterocycles. The molecule has 0 saturated carbocycles. The van der Waals surface area contributed by atoms with Crippen molar-refractivity contribution in [3.63, 3.8) is 0 Å². The summed E-state index contributed by atoms with van der Waals surface area (Å²) in [4.78, 5) is 22.0. The fourth-order valence-corrected chi connectivity index (χ4v) is 6.26. The molecule has 1 fully saturated rings. The summed E-state index contributed by atoms with van der Waals surface area (Å²) in [5.74, 6) is -0.472. The maximum Gasteiger partial charge on any atom is 0.350 e. The average molecular weight is 530 g/mol. The summed E-state index contributed by atoms with van der Waals surface area (Å²) < 4.78 is 35.5. The van der Waals surface area contributed by atoms with Crippen molar-refractivity contribution in [2.24, 2.45) is 0 Å². The molecule has 3 aromatic rings. The minimum atomic E-state index is -0.735. The first-order chi connectivity index (χ1) is 17.4. The highest BCUT2D eigenvalue weighted by Gasteiger charge is 2.32. The third-order valence-corrected chi connectivity index (χ3v) is 7.68. The van der Waals surface area contributed by atoms with Gasteiger partial charge in [0.1, 0.15) is 23.5 Å². The van der Waals surface area contributed by atoms with Gasteiger partial charge in [-0.1, -0.05) is 17.7 Å². The number of piperazine rings is 1. The molecule has 5 rings (SSSR count). The summed E-state index contributed by atoms with van der Waals surface area (Å²) in [5.41, 5.74) is 0.726. The molecule has 0 amide bonds. The van der Waals surface area contributed by atoms with Crippen molar-refractivity contribution in [1.82, 2.24) is 14.5 Å². The van der Waals surface area contributed by atoms with Gasteiger partial charge in [-0.3, -0.25) is 9.47 Å². The Morgan fingerprint density at radius 3 is 2.89 bits per heavy atom. The van der Waals surface area contributed by atoms with Crippen LogP contribution in [0.5, 0.6) is 0 Å². The molecule has 2 aromatic carbocycles. The Hall–Kier alpha value is -2.97. The van der Waals surface area contributed by atoms with Gasteiger partial charge in [0.15, 0.2) is 0 Å². The lowest BCUT2D eigenvalue weighted by Crippen LogP contribution is -2.54. The van der Waals surface area contributed by atoms with Crippen molar-refractivity contribution in [2.75, 3.05) is 43.6 Å². The zero-order chi connectivity index (χ0) is 25.4. The molecule has 0 bridgehead atoms. The lowest BCUT2D eigenvalue weighted by Gasteiger charge is -2.39. The Morgan fingerprint density at radius 1 is 1.31 bits per heavy atom. The van der Waals surface area contributed by atoms with Gasteiger partial charge in [0.2, 0.25) is 0 Å². The predicted molar refractivity (Wildman–Crippen MR) is 136 cm³/mol. The number of nitriles is 1. The standard InChI is InChI=1S/C25H22ClF2N5O2S/c1-2-8-35-14-31-5-6-32(16(12-29)13-31)24-18-11-19(26)21(17-4-3-15(27)10-20(17)28)23-22(18)33(7-9-36-23)25(34)30-24/h2-4,10-11,16H,1,5-9,13-14H2/t16-/m0/s1. The summed E-state index contributed by atoms with van der Waals surface area (Å²) >= 11 is 8.18. The summed E-state index contributed by atoms with van der Waals surface area (Å²) in [7, 11) is 0. The first-order valence-corrected chi connectivity index (χ1v) is 12.7. The van der Waals surface area contributed by atoms with E-state index in [1.165, 1.54) is 23.9 Å².